The van der Waals surface area contributed by atoms with Gasteiger partial charge >= 0.3 is 5.97 Å². The topological polar surface area (TPSA) is 58.4 Å². The predicted octanol–water partition coefficient (Wildman–Crippen LogP) is 3.81. The largest absolute Gasteiger partial charge is 0.481 e. The molecule has 0 aliphatic rings. The molecular weight excluding hydrogens is 346 g/mol. The summed E-state index contributed by atoms with van der Waals surface area (Å²) in [5, 5.41) is 16.0. The number of aliphatic carboxylic acids is 1. The molecule has 6 heteroatoms. The highest BCUT2D eigenvalue weighted by molar-refractivity contribution is 7.13. The van der Waals surface area contributed by atoms with Crippen molar-refractivity contribution < 1.29 is 9.90 Å². The van der Waals surface area contributed by atoms with Crippen LogP contribution < -0.4 is 0 Å². The average Bonchev–Trinajstić information content (AvgIpc) is 3.25. The second kappa shape index (κ2) is 8.29. The van der Waals surface area contributed by atoms with Gasteiger partial charge in [-0.2, -0.15) is 5.10 Å². The van der Waals surface area contributed by atoms with Crippen LogP contribution in [0, 0.1) is 5.92 Å². The van der Waals surface area contributed by atoms with E-state index in [0.717, 1.165) is 16.1 Å². The van der Waals surface area contributed by atoms with E-state index >= 15 is 0 Å². The van der Waals surface area contributed by atoms with Gasteiger partial charge in [-0.1, -0.05) is 43.3 Å². The Kier molecular flexibility index (Phi) is 5.85. The highest BCUT2D eigenvalue weighted by Crippen LogP contribution is 2.27. The summed E-state index contributed by atoms with van der Waals surface area (Å²) in [6.45, 7) is 3.62. The molecule has 1 N–H and O–H groups in total. The Hall–Kier alpha value is -2.44. The molecule has 0 saturated carbocycles. The number of hydrogen-bond donors (Lipinski definition) is 1. The number of benzene rings is 1. The number of rotatable bonds is 8. The lowest BCUT2D eigenvalue weighted by molar-refractivity contribution is -0.141. The van der Waals surface area contributed by atoms with Crippen molar-refractivity contribution in [2.45, 2.75) is 20.0 Å². The molecule has 3 rings (SSSR count). The van der Waals surface area contributed by atoms with E-state index in [2.05, 4.69) is 24.4 Å². The molecule has 5 nitrogen and oxygen atoms in total. The molecule has 0 amide bonds. The van der Waals surface area contributed by atoms with E-state index < -0.39 is 11.9 Å². The first kappa shape index (κ1) is 18.4. The molecular formula is C20H23N3O2S. The van der Waals surface area contributed by atoms with Crippen LogP contribution in [-0.4, -0.2) is 39.3 Å². The van der Waals surface area contributed by atoms with Crippen LogP contribution in [0.15, 0.2) is 54.0 Å². The molecule has 0 aliphatic carbocycles. The Morgan fingerprint density at radius 1 is 1.27 bits per heavy atom. The van der Waals surface area contributed by atoms with E-state index in [1.165, 1.54) is 5.56 Å². The fourth-order valence-electron chi connectivity index (χ4n) is 2.95. The van der Waals surface area contributed by atoms with Crippen molar-refractivity contribution in [2.75, 3.05) is 13.6 Å². The molecule has 1 unspecified atom stereocenters. The van der Waals surface area contributed by atoms with Crippen molar-refractivity contribution in [1.29, 1.82) is 0 Å². The van der Waals surface area contributed by atoms with Crippen LogP contribution in [0.4, 0.5) is 0 Å². The molecule has 0 aliphatic heterocycles. The van der Waals surface area contributed by atoms with Crippen LogP contribution in [0.25, 0.3) is 10.6 Å². The zero-order valence-electron chi connectivity index (χ0n) is 15.0. The summed E-state index contributed by atoms with van der Waals surface area (Å²) in [5.41, 5.74) is 3.29. The molecule has 0 radical (unpaired) electrons. The predicted molar refractivity (Wildman–Crippen MR) is 104 cm³/mol. The van der Waals surface area contributed by atoms with E-state index in [1.807, 2.05) is 46.3 Å². The Morgan fingerprint density at radius 2 is 2.04 bits per heavy atom. The van der Waals surface area contributed by atoms with Gasteiger partial charge in [0.05, 0.1) is 17.3 Å². The molecule has 0 spiro atoms. The normalized spacial score (nSPS) is 12.4. The zero-order valence-corrected chi connectivity index (χ0v) is 15.8. The number of carboxylic acid groups (broad SMARTS) is 1. The third-order valence-electron chi connectivity index (χ3n) is 4.23. The summed E-state index contributed by atoms with van der Waals surface area (Å²) >= 11 is 1.67. The van der Waals surface area contributed by atoms with Gasteiger partial charge in [0.25, 0.3) is 0 Å². The highest BCUT2D eigenvalue weighted by atomic mass is 32.1. The lowest BCUT2D eigenvalue weighted by Crippen LogP contribution is -2.28. The van der Waals surface area contributed by atoms with Crippen molar-refractivity contribution in [3.63, 3.8) is 0 Å². The summed E-state index contributed by atoms with van der Waals surface area (Å²) in [6.07, 6.45) is 2.07. The average molecular weight is 369 g/mol. The van der Waals surface area contributed by atoms with E-state index in [-0.39, 0.29) is 0 Å². The lowest BCUT2D eigenvalue weighted by Gasteiger charge is -2.18. The fourth-order valence-corrected chi connectivity index (χ4v) is 3.70. The smallest absolute Gasteiger partial charge is 0.307 e. The number of nitrogens with zero attached hydrogens (tertiary/aromatic N) is 3. The number of carboxylic acids is 1. The minimum atomic E-state index is -0.768. The number of hydrogen-bond acceptors (Lipinski definition) is 4. The van der Waals surface area contributed by atoms with Gasteiger partial charge in [-0.25, -0.2) is 0 Å². The second-order valence-corrected chi connectivity index (χ2v) is 7.55. The van der Waals surface area contributed by atoms with Gasteiger partial charge < -0.3 is 10.0 Å². The van der Waals surface area contributed by atoms with Crippen LogP contribution in [-0.2, 0) is 17.9 Å². The molecule has 1 aromatic carbocycles. The Labute approximate surface area is 157 Å². The highest BCUT2D eigenvalue weighted by Gasteiger charge is 2.17. The van der Waals surface area contributed by atoms with Gasteiger partial charge in [-0.05, 0) is 24.1 Å². The summed E-state index contributed by atoms with van der Waals surface area (Å²) in [6, 6.07) is 14.3. The van der Waals surface area contributed by atoms with Crippen LogP contribution in [0.2, 0.25) is 0 Å². The number of aromatic nitrogens is 2. The Bertz CT molecular complexity index is 843. The van der Waals surface area contributed by atoms with Crippen molar-refractivity contribution in [2.24, 2.45) is 5.92 Å². The summed E-state index contributed by atoms with van der Waals surface area (Å²) in [4.78, 5) is 14.3. The van der Waals surface area contributed by atoms with Crippen molar-refractivity contribution in [3.05, 3.63) is 65.2 Å². The van der Waals surface area contributed by atoms with Gasteiger partial charge in [0.2, 0.25) is 0 Å². The maximum atomic E-state index is 11.1. The Morgan fingerprint density at radius 3 is 2.69 bits per heavy atom. The van der Waals surface area contributed by atoms with E-state index in [9.17, 15) is 4.79 Å². The van der Waals surface area contributed by atoms with Crippen molar-refractivity contribution >= 4 is 17.3 Å². The third kappa shape index (κ3) is 4.59. The van der Waals surface area contributed by atoms with Crippen LogP contribution in [0.1, 0.15) is 18.1 Å². The monoisotopic (exact) mass is 369 g/mol. The van der Waals surface area contributed by atoms with Gasteiger partial charge in [-0.15, -0.1) is 11.3 Å². The molecule has 26 heavy (non-hydrogen) atoms. The molecule has 2 heterocycles. The van der Waals surface area contributed by atoms with Gasteiger partial charge in [-0.3, -0.25) is 9.48 Å². The molecule has 2 aromatic heterocycles. The second-order valence-electron chi connectivity index (χ2n) is 6.60. The van der Waals surface area contributed by atoms with E-state index in [4.69, 9.17) is 10.2 Å². The fraction of sp³-hybridized carbons (Fsp3) is 0.300. The third-order valence-corrected chi connectivity index (χ3v) is 5.10. The number of thiophene rings is 1. The molecule has 1 atom stereocenters. The Balaban J connectivity index is 1.82. The van der Waals surface area contributed by atoms with Gasteiger partial charge in [0.15, 0.2) is 0 Å². The van der Waals surface area contributed by atoms with Crippen LogP contribution in [0.3, 0.4) is 0 Å². The molecule has 0 saturated heterocycles. The standard InChI is InChI=1S/C20H23N3O2S/c1-15(20(24)25)11-22(2)13-17-14-23(12-16-7-4-3-5-8-16)21-19(17)18-9-6-10-26-18/h3-10,14-15H,11-13H2,1-2H3,(H,24,25). The quantitative estimate of drug-likeness (QED) is 0.656. The zero-order chi connectivity index (χ0) is 18.5. The van der Waals surface area contributed by atoms with Gasteiger partial charge in [0.1, 0.15) is 5.69 Å². The molecule has 136 valence electrons. The molecule has 0 bridgehead atoms. The maximum Gasteiger partial charge on any atom is 0.307 e. The summed E-state index contributed by atoms with van der Waals surface area (Å²) in [5.74, 6) is -1.17. The van der Waals surface area contributed by atoms with E-state index in [1.54, 1.807) is 18.3 Å². The first-order valence-corrected chi connectivity index (χ1v) is 9.46. The molecule has 3 aromatic rings. The van der Waals surface area contributed by atoms with E-state index in [0.29, 0.717) is 19.6 Å². The summed E-state index contributed by atoms with van der Waals surface area (Å²) in [7, 11) is 1.95. The lowest BCUT2D eigenvalue weighted by atomic mass is 10.1. The van der Waals surface area contributed by atoms with Crippen molar-refractivity contribution in [1.82, 2.24) is 14.7 Å². The maximum absolute atomic E-state index is 11.1. The van der Waals surface area contributed by atoms with Crippen LogP contribution >= 0.6 is 11.3 Å². The SMILES string of the molecule is CC(CN(C)Cc1cn(Cc2ccccc2)nc1-c1cccs1)C(=O)O. The number of carbonyl (C=O) groups is 1. The van der Waals surface area contributed by atoms with Crippen LogP contribution in [0.5, 0.6) is 0 Å². The summed E-state index contributed by atoms with van der Waals surface area (Å²) < 4.78 is 1.97. The van der Waals surface area contributed by atoms with Gasteiger partial charge in [0, 0.05) is 24.8 Å². The minimum absolute atomic E-state index is 0.399. The molecule has 0 fully saturated rings. The van der Waals surface area contributed by atoms with Crippen molar-refractivity contribution in [3.8, 4) is 10.6 Å². The first-order valence-electron chi connectivity index (χ1n) is 8.58. The first-order chi connectivity index (χ1) is 12.5. The minimum Gasteiger partial charge on any atom is -0.481 e.